The van der Waals surface area contributed by atoms with E-state index in [4.69, 9.17) is 4.74 Å². The molecule has 0 bridgehead atoms. The average molecular weight is 261 g/mol. The van der Waals surface area contributed by atoms with Gasteiger partial charge in [-0.05, 0) is 50.3 Å². The third-order valence-corrected chi connectivity index (χ3v) is 4.15. The van der Waals surface area contributed by atoms with Crippen molar-refractivity contribution >= 4 is 0 Å². The van der Waals surface area contributed by atoms with Crippen molar-refractivity contribution in [1.29, 1.82) is 0 Å². The smallest absolute Gasteiger partial charge is 0.118 e. The van der Waals surface area contributed by atoms with Gasteiger partial charge in [-0.15, -0.1) is 0 Å². The average Bonchev–Trinajstić information content (AvgIpc) is 2.47. The van der Waals surface area contributed by atoms with Crippen molar-refractivity contribution in [2.45, 2.75) is 64.0 Å². The summed E-state index contributed by atoms with van der Waals surface area (Å²) >= 11 is 0. The maximum Gasteiger partial charge on any atom is 0.118 e. The molecule has 1 saturated carbocycles. The van der Waals surface area contributed by atoms with Gasteiger partial charge in [0.05, 0.1) is 7.11 Å². The Kier molecular flexibility index (Phi) is 5.71. The Morgan fingerprint density at radius 3 is 2.47 bits per heavy atom. The summed E-state index contributed by atoms with van der Waals surface area (Å²) in [4.78, 5) is 0. The zero-order chi connectivity index (χ0) is 13.5. The van der Waals surface area contributed by atoms with Crippen molar-refractivity contribution in [3.05, 3.63) is 29.8 Å². The third kappa shape index (κ3) is 4.87. The Hall–Kier alpha value is -1.02. The van der Waals surface area contributed by atoms with Gasteiger partial charge in [0.2, 0.25) is 0 Å². The number of hydrogen-bond donors (Lipinski definition) is 1. The minimum absolute atomic E-state index is 0.616. The molecule has 2 rings (SSSR count). The van der Waals surface area contributed by atoms with Gasteiger partial charge in [0.1, 0.15) is 5.75 Å². The van der Waals surface area contributed by atoms with Gasteiger partial charge >= 0.3 is 0 Å². The van der Waals surface area contributed by atoms with E-state index in [1.807, 2.05) is 0 Å². The molecule has 106 valence electrons. The molecule has 1 aliphatic rings. The van der Waals surface area contributed by atoms with Crippen molar-refractivity contribution in [2.75, 3.05) is 7.11 Å². The molecular formula is C17H27NO. The second-order valence-electron chi connectivity index (χ2n) is 5.79. The Bertz CT molecular complexity index is 354. The molecule has 0 spiro atoms. The standard InChI is InChI=1S/C17H27NO/c1-14(18-16-6-4-3-5-7-16)8-9-15-10-12-17(19-2)13-11-15/h10-14,16,18H,3-9H2,1-2H3. The molecule has 1 aromatic carbocycles. The molecule has 1 fully saturated rings. The lowest BCUT2D eigenvalue weighted by atomic mass is 9.94. The van der Waals surface area contributed by atoms with Crippen molar-refractivity contribution in [1.82, 2.24) is 5.32 Å². The SMILES string of the molecule is COc1ccc(CCC(C)NC2CCCCC2)cc1. The summed E-state index contributed by atoms with van der Waals surface area (Å²) < 4.78 is 5.18. The lowest BCUT2D eigenvalue weighted by molar-refractivity contribution is 0.337. The number of rotatable bonds is 6. The molecule has 0 aromatic heterocycles. The first-order valence-electron chi connectivity index (χ1n) is 7.67. The minimum Gasteiger partial charge on any atom is -0.497 e. The third-order valence-electron chi connectivity index (χ3n) is 4.15. The number of benzene rings is 1. The van der Waals surface area contributed by atoms with E-state index in [-0.39, 0.29) is 0 Å². The largest absolute Gasteiger partial charge is 0.497 e. The molecular weight excluding hydrogens is 234 g/mol. The highest BCUT2D eigenvalue weighted by atomic mass is 16.5. The van der Waals surface area contributed by atoms with Crippen molar-refractivity contribution in [2.24, 2.45) is 0 Å². The second-order valence-corrected chi connectivity index (χ2v) is 5.79. The quantitative estimate of drug-likeness (QED) is 0.837. The van der Waals surface area contributed by atoms with Gasteiger partial charge in [0, 0.05) is 12.1 Å². The van der Waals surface area contributed by atoms with Gasteiger partial charge in [-0.25, -0.2) is 0 Å². The molecule has 1 aliphatic carbocycles. The van der Waals surface area contributed by atoms with E-state index in [9.17, 15) is 0 Å². The van der Waals surface area contributed by atoms with Crippen LogP contribution in [-0.2, 0) is 6.42 Å². The molecule has 0 saturated heterocycles. The fourth-order valence-electron chi connectivity index (χ4n) is 2.93. The fraction of sp³-hybridized carbons (Fsp3) is 0.647. The van der Waals surface area contributed by atoms with Crippen LogP contribution in [0.1, 0.15) is 51.0 Å². The van der Waals surface area contributed by atoms with Gasteiger partial charge in [-0.1, -0.05) is 31.4 Å². The van der Waals surface area contributed by atoms with Crippen LogP contribution < -0.4 is 10.1 Å². The molecule has 0 heterocycles. The van der Waals surface area contributed by atoms with Gasteiger partial charge in [0.25, 0.3) is 0 Å². The first-order chi connectivity index (χ1) is 9.28. The summed E-state index contributed by atoms with van der Waals surface area (Å²) in [7, 11) is 1.71. The molecule has 19 heavy (non-hydrogen) atoms. The zero-order valence-electron chi connectivity index (χ0n) is 12.3. The highest BCUT2D eigenvalue weighted by molar-refractivity contribution is 5.27. The van der Waals surface area contributed by atoms with E-state index in [0.717, 1.165) is 18.2 Å². The summed E-state index contributed by atoms with van der Waals surface area (Å²) in [6.07, 6.45) is 9.33. The van der Waals surface area contributed by atoms with E-state index in [1.165, 1.54) is 44.1 Å². The number of aryl methyl sites for hydroxylation is 1. The molecule has 0 amide bonds. The van der Waals surface area contributed by atoms with E-state index < -0.39 is 0 Å². The van der Waals surface area contributed by atoms with Gasteiger partial charge < -0.3 is 10.1 Å². The van der Waals surface area contributed by atoms with Crippen LogP contribution in [0.5, 0.6) is 5.75 Å². The summed E-state index contributed by atoms with van der Waals surface area (Å²) in [5, 5.41) is 3.79. The summed E-state index contributed by atoms with van der Waals surface area (Å²) in [6.45, 7) is 2.32. The molecule has 2 nitrogen and oxygen atoms in total. The fourth-order valence-corrected chi connectivity index (χ4v) is 2.93. The summed E-state index contributed by atoms with van der Waals surface area (Å²) in [6, 6.07) is 9.83. The van der Waals surface area contributed by atoms with Crippen LogP contribution in [0.2, 0.25) is 0 Å². The monoisotopic (exact) mass is 261 g/mol. The van der Waals surface area contributed by atoms with E-state index >= 15 is 0 Å². The Labute approximate surface area is 117 Å². The van der Waals surface area contributed by atoms with Gasteiger partial charge in [-0.2, -0.15) is 0 Å². The van der Waals surface area contributed by atoms with Crippen LogP contribution in [0, 0.1) is 0 Å². The van der Waals surface area contributed by atoms with Crippen LogP contribution in [-0.4, -0.2) is 19.2 Å². The normalized spacial score (nSPS) is 18.2. The minimum atomic E-state index is 0.616. The molecule has 1 aromatic rings. The van der Waals surface area contributed by atoms with E-state index in [0.29, 0.717) is 6.04 Å². The van der Waals surface area contributed by atoms with Crippen molar-refractivity contribution < 1.29 is 4.74 Å². The first kappa shape index (κ1) is 14.4. The maximum absolute atomic E-state index is 5.18. The lowest BCUT2D eigenvalue weighted by Gasteiger charge is -2.26. The highest BCUT2D eigenvalue weighted by Crippen LogP contribution is 2.19. The zero-order valence-corrected chi connectivity index (χ0v) is 12.3. The van der Waals surface area contributed by atoms with Crippen LogP contribution in [0.4, 0.5) is 0 Å². The van der Waals surface area contributed by atoms with E-state index in [1.54, 1.807) is 7.11 Å². The predicted octanol–water partition coefficient (Wildman–Crippen LogP) is 3.94. The molecule has 1 unspecified atom stereocenters. The van der Waals surface area contributed by atoms with Crippen LogP contribution >= 0.6 is 0 Å². The number of methoxy groups -OCH3 is 1. The molecule has 1 N–H and O–H groups in total. The highest BCUT2D eigenvalue weighted by Gasteiger charge is 2.15. The van der Waals surface area contributed by atoms with Crippen molar-refractivity contribution in [3.63, 3.8) is 0 Å². The molecule has 0 radical (unpaired) electrons. The first-order valence-corrected chi connectivity index (χ1v) is 7.67. The Morgan fingerprint density at radius 1 is 1.16 bits per heavy atom. The Balaban J connectivity index is 1.71. The summed E-state index contributed by atoms with van der Waals surface area (Å²) in [5.41, 5.74) is 1.40. The topological polar surface area (TPSA) is 21.3 Å². The number of ether oxygens (including phenoxy) is 1. The predicted molar refractivity (Wildman–Crippen MR) is 80.8 cm³/mol. The number of hydrogen-bond acceptors (Lipinski definition) is 2. The summed E-state index contributed by atoms with van der Waals surface area (Å²) in [5.74, 6) is 0.942. The lowest BCUT2D eigenvalue weighted by Crippen LogP contribution is -2.38. The molecule has 2 heteroatoms. The van der Waals surface area contributed by atoms with Crippen molar-refractivity contribution in [3.8, 4) is 5.75 Å². The van der Waals surface area contributed by atoms with Crippen LogP contribution in [0.15, 0.2) is 24.3 Å². The van der Waals surface area contributed by atoms with Crippen LogP contribution in [0.25, 0.3) is 0 Å². The molecule has 1 atom stereocenters. The second kappa shape index (κ2) is 7.54. The van der Waals surface area contributed by atoms with Crippen LogP contribution in [0.3, 0.4) is 0 Å². The maximum atomic E-state index is 5.18. The van der Waals surface area contributed by atoms with Gasteiger partial charge in [-0.3, -0.25) is 0 Å². The molecule has 0 aliphatic heterocycles. The van der Waals surface area contributed by atoms with Gasteiger partial charge in [0.15, 0.2) is 0 Å². The van der Waals surface area contributed by atoms with E-state index in [2.05, 4.69) is 36.5 Å². The Morgan fingerprint density at radius 2 is 1.84 bits per heavy atom. The number of nitrogens with one attached hydrogen (secondary N) is 1.